The van der Waals surface area contributed by atoms with Crippen LogP contribution in [-0.2, 0) is 0 Å². The fourth-order valence-corrected chi connectivity index (χ4v) is 2.89. The number of amides is 1. The summed E-state index contributed by atoms with van der Waals surface area (Å²) in [6.45, 7) is 3.53. The van der Waals surface area contributed by atoms with Gasteiger partial charge in [0.1, 0.15) is 0 Å². The van der Waals surface area contributed by atoms with Crippen LogP contribution >= 0.6 is 27.3 Å². The molecule has 0 radical (unpaired) electrons. The number of halogens is 1. The van der Waals surface area contributed by atoms with Crippen LogP contribution in [0.25, 0.3) is 0 Å². The second-order valence-corrected chi connectivity index (χ2v) is 6.28. The highest BCUT2D eigenvalue weighted by atomic mass is 79.9. The van der Waals surface area contributed by atoms with E-state index in [4.69, 9.17) is 5.73 Å². The van der Waals surface area contributed by atoms with Gasteiger partial charge in [0.25, 0.3) is 5.91 Å². The molecule has 2 rings (SSSR count). The number of rotatable bonds is 1. The third-order valence-corrected chi connectivity index (χ3v) is 4.28. The molecule has 1 saturated heterocycles. The maximum atomic E-state index is 12.0. The summed E-state index contributed by atoms with van der Waals surface area (Å²) in [5.74, 6) is 0.493. The Morgan fingerprint density at radius 2 is 2.40 bits per heavy atom. The van der Waals surface area contributed by atoms with Crippen molar-refractivity contribution in [1.29, 1.82) is 0 Å². The predicted molar refractivity (Wildman–Crippen MR) is 65.1 cm³/mol. The van der Waals surface area contributed by atoms with Crippen LogP contribution < -0.4 is 5.73 Å². The molecule has 1 aliphatic heterocycles. The van der Waals surface area contributed by atoms with Crippen molar-refractivity contribution in [3.05, 3.63) is 20.8 Å². The second kappa shape index (κ2) is 4.23. The zero-order valence-electron chi connectivity index (χ0n) is 8.44. The molecule has 82 valence electrons. The van der Waals surface area contributed by atoms with Gasteiger partial charge in [0.2, 0.25) is 0 Å². The molecule has 1 amide bonds. The maximum Gasteiger partial charge on any atom is 0.254 e. The molecule has 0 saturated carbocycles. The number of nitrogens with zero attached hydrogens (tertiary/aromatic N) is 1. The van der Waals surface area contributed by atoms with Crippen LogP contribution in [0.15, 0.2) is 15.2 Å². The number of thiophene rings is 1. The third kappa shape index (κ3) is 2.24. The number of hydrogen-bond donors (Lipinski definition) is 1. The monoisotopic (exact) mass is 288 g/mol. The minimum atomic E-state index is 0.0942. The van der Waals surface area contributed by atoms with Gasteiger partial charge in [-0.1, -0.05) is 6.92 Å². The first-order valence-electron chi connectivity index (χ1n) is 4.87. The van der Waals surface area contributed by atoms with Crippen molar-refractivity contribution >= 4 is 33.2 Å². The Kier molecular flexibility index (Phi) is 3.13. The lowest BCUT2D eigenvalue weighted by Crippen LogP contribution is -2.31. The number of likely N-dealkylation sites (tertiary alicyclic amines) is 1. The van der Waals surface area contributed by atoms with Crippen molar-refractivity contribution in [2.24, 2.45) is 11.7 Å². The summed E-state index contributed by atoms with van der Waals surface area (Å²) in [5.41, 5.74) is 6.65. The van der Waals surface area contributed by atoms with E-state index in [-0.39, 0.29) is 11.9 Å². The molecule has 2 atom stereocenters. The molecule has 15 heavy (non-hydrogen) atoms. The average molecular weight is 289 g/mol. The van der Waals surface area contributed by atoms with Crippen molar-refractivity contribution in [2.75, 3.05) is 13.1 Å². The van der Waals surface area contributed by atoms with E-state index >= 15 is 0 Å². The van der Waals surface area contributed by atoms with Gasteiger partial charge in [-0.05, 0) is 27.9 Å². The molecule has 5 heteroatoms. The molecule has 2 unspecified atom stereocenters. The number of carbonyl (C=O) groups is 1. The van der Waals surface area contributed by atoms with Gasteiger partial charge in [-0.2, -0.15) is 0 Å². The Morgan fingerprint density at radius 1 is 1.67 bits per heavy atom. The van der Waals surface area contributed by atoms with Gasteiger partial charge < -0.3 is 10.6 Å². The highest BCUT2D eigenvalue weighted by molar-refractivity contribution is 9.11. The lowest BCUT2D eigenvalue weighted by molar-refractivity contribution is 0.0787. The molecule has 2 N–H and O–H groups in total. The zero-order chi connectivity index (χ0) is 11.0. The first-order chi connectivity index (χ1) is 7.08. The molecular weight excluding hydrogens is 276 g/mol. The molecule has 1 aliphatic rings. The number of carbonyl (C=O) groups excluding carboxylic acids is 1. The van der Waals surface area contributed by atoms with E-state index in [9.17, 15) is 4.79 Å². The van der Waals surface area contributed by atoms with Gasteiger partial charge in [-0.15, -0.1) is 11.3 Å². The van der Waals surface area contributed by atoms with Crippen LogP contribution in [0.5, 0.6) is 0 Å². The standard InChI is InChI=1S/C10H13BrN2OS/c1-6-3-13(4-8(6)12)10(14)7-2-9(11)15-5-7/h2,5-6,8H,3-4,12H2,1H3. The summed E-state index contributed by atoms with van der Waals surface area (Å²) in [4.78, 5) is 13.8. The van der Waals surface area contributed by atoms with E-state index in [1.807, 2.05) is 16.3 Å². The predicted octanol–water partition coefficient (Wildman–Crippen LogP) is 1.93. The Bertz CT molecular complexity index is 369. The van der Waals surface area contributed by atoms with Gasteiger partial charge in [0.15, 0.2) is 0 Å². The normalized spacial score (nSPS) is 25.9. The van der Waals surface area contributed by atoms with E-state index < -0.39 is 0 Å². The first kappa shape index (κ1) is 11.1. The SMILES string of the molecule is CC1CN(C(=O)c2csc(Br)c2)CC1N. The Balaban J connectivity index is 2.10. The molecule has 1 aromatic rings. The summed E-state index contributed by atoms with van der Waals surface area (Å²) in [6, 6.07) is 1.98. The Hall–Kier alpha value is -0.390. The van der Waals surface area contributed by atoms with E-state index in [2.05, 4.69) is 22.9 Å². The van der Waals surface area contributed by atoms with Gasteiger partial charge in [-0.3, -0.25) is 4.79 Å². The van der Waals surface area contributed by atoms with Crippen LogP contribution in [0.3, 0.4) is 0 Å². The zero-order valence-corrected chi connectivity index (χ0v) is 10.8. The molecule has 0 bridgehead atoms. The molecule has 3 nitrogen and oxygen atoms in total. The summed E-state index contributed by atoms with van der Waals surface area (Å²) >= 11 is 4.89. The molecule has 2 heterocycles. The quantitative estimate of drug-likeness (QED) is 0.858. The fourth-order valence-electron chi connectivity index (χ4n) is 1.76. The average Bonchev–Trinajstić information content (AvgIpc) is 2.74. The van der Waals surface area contributed by atoms with Crippen LogP contribution in [0.2, 0.25) is 0 Å². The van der Waals surface area contributed by atoms with Gasteiger partial charge in [0, 0.05) is 24.5 Å². The molecular formula is C10H13BrN2OS. The minimum absolute atomic E-state index is 0.0942. The van der Waals surface area contributed by atoms with E-state index in [0.29, 0.717) is 12.5 Å². The topological polar surface area (TPSA) is 46.3 Å². The minimum Gasteiger partial charge on any atom is -0.337 e. The van der Waals surface area contributed by atoms with Crippen LogP contribution in [0.4, 0.5) is 0 Å². The fraction of sp³-hybridized carbons (Fsp3) is 0.500. The largest absolute Gasteiger partial charge is 0.337 e. The van der Waals surface area contributed by atoms with Gasteiger partial charge in [-0.25, -0.2) is 0 Å². The van der Waals surface area contributed by atoms with Gasteiger partial charge >= 0.3 is 0 Å². The molecule has 0 aliphatic carbocycles. The first-order valence-corrected chi connectivity index (χ1v) is 6.54. The Labute approximate surface area is 101 Å². The number of nitrogens with two attached hydrogens (primary N) is 1. The summed E-state index contributed by atoms with van der Waals surface area (Å²) < 4.78 is 0.988. The van der Waals surface area contributed by atoms with Crippen LogP contribution in [-0.4, -0.2) is 29.9 Å². The van der Waals surface area contributed by atoms with E-state index in [0.717, 1.165) is 15.9 Å². The molecule has 1 fully saturated rings. The third-order valence-electron chi connectivity index (χ3n) is 2.77. The number of hydrogen-bond acceptors (Lipinski definition) is 3. The van der Waals surface area contributed by atoms with Crippen molar-refractivity contribution in [3.8, 4) is 0 Å². The highest BCUT2D eigenvalue weighted by Crippen LogP contribution is 2.24. The van der Waals surface area contributed by atoms with Crippen molar-refractivity contribution in [3.63, 3.8) is 0 Å². The summed E-state index contributed by atoms with van der Waals surface area (Å²) in [7, 11) is 0. The van der Waals surface area contributed by atoms with Crippen molar-refractivity contribution in [2.45, 2.75) is 13.0 Å². The molecule has 1 aromatic heterocycles. The smallest absolute Gasteiger partial charge is 0.254 e. The molecule has 0 aromatic carbocycles. The van der Waals surface area contributed by atoms with Crippen LogP contribution in [0.1, 0.15) is 17.3 Å². The van der Waals surface area contributed by atoms with E-state index in [1.54, 1.807) is 0 Å². The van der Waals surface area contributed by atoms with Crippen molar-refractivity contribution < 1.29 is 4.79 Å². The van der Waals surface area contributed by atoms with Gasteiger partial charge in [0.05, 0.1) is 9.35 Å². The molecule has 0 spiro atoms. The van der Waals surface area contributed by atoms with Crippen molar-refractivity contribution in [1.82, 2.24) is 4.90 Å². The summed E-state index contributed by atoms with van der Waals surface area (Å²) in [5, 5.41) is 1.88. The summed E-state index contributed by atoms with van der Waals surface area (Å²) in [6.07, 6.45) is 0. The second-order valence-electron chi connectivity index (χ2n) is 3.99. The lowest BCUT2D eigenvalue weighted by atomic mass is 10.1. The Morgan fingerprint density at radius 3 is 2.87 bits per heavy atom. The lowest BCUT2D eigenvalue weighted by Gasteiger charge is -2.14. The maximum absolute atomic E-state index is 12.0. The highest BCUT2D eigenvalue weighted by Gasteiger charge is 2.30. The van der Waals surface area contributed by atoms with E-state index in [1.165, 1.54) is 11.3 Å². The van der Waals surface area contributed by atoms with Crippen LogP contribution in [0, 0.1) is 5.92 Å².